The normalized spacial score (nSPS) is 11.0. The molecule has 0 atom stereocenters. The average Bonchev–Trinajstić information content (AvgIpc) is 2.57. The van der Waals surface area contributed by atoms with E-state index in [-0.39, 0.29) is 16.3 Å². The maximum atomic E-state index is 13.4. The number of amides is 1. The number of hydrogen-bond acceptors (Lipinski definition) is 6. The molecule has 8 nitrogen and oxygen atoms in total. The SMILES string of the molecule is Cn1nc(SCC(=O)N/N=C\c2c(F)cccc2F)c(=O)n(C)c1=O. The van der Waals surface area contributed by atoms with Gasteiger partial charge in [0.25, 0.3) is 5.56 Å². The molecule has 0 bridgehead atoms. The fraction of sp³-hybridized carbons (Fsp3) is 0.214. The number of nitrogens with zero attached hydrogens (tertiary/aromatic N) is 4. The molecule has 1 heterocycles. The van der Waals surface area contributed by atoms with Gasteiger partial charge in [0, 0.05) is 14.1 Å². The summed E-state index contributed by atoms with van der Waals surface area (Å²) < 4.78 is 28.6. The molecule has 11 heteroatoms. The molecule has 132 valence electrons. The molecule has 1 amide bonds. The van der Waals surface area contributed by atoms with Crippen LogP contribution in [0, 0.1) is 11.6 Å². The van der Waals surface area contributed by atoms with Crippen LogP contribution in [0.4, 0.5) is 8.78 Å². The Kier molecular flexibility index (Phi) is 5.80. The Balaban J connectivity index is 1.99. The molecular weight excluding hydrogens is 356 g/mol. The van der Waals surface area contributed by atoms with Gasteiger partial charge in [0.1, 0.15) is 11.6 Å². The van der Waals surface area contributed by atoms with Gasteiger partial charge in [0.15, 0.2) is 5.03 Å². The molecule has 2 rings (SSSR count). The molecule has 1 N–H and O–H groups in total. The number of benzene rings is 1. The summed E-state index contributed by atoms with van der Waals surface area (Å²) in [4.78, 5) is 35.0. The van der Waals surface area contributed by atoms with Gasteiger partial charge in [-0.15, -0.1) is 0 Å². The first-order chi connectivity index (χ1) is 11.8. The zero-order valence-electron chi connectivity index (χ0n) is 13.2. The number of thioether (sulfide) groups is 1. The van der Waals surface area contributed by atoms with E-state index < -0.39 is 28.8 Å². The van der Waals surface area contributed by atoms with Crippen LogP contribution in [0.1, 0.15) is 5.56 Å². The summed E-state index contributed by atoms with van der Waals surface area (Å²) in [6.45, 7) is 0. The summed E-state index contributed by atoms with van der Waals surface area (Å²) >= 11 is 0.806. The van der Waals surface area contributed by atoms with E-state index in [1.807, 2.05) is 0 Å². The standard InChI is InChI=1S/C14H13F2N5O3S/c1-20-13(23)12(19-21(2)14(20)24)25-7-11(22)18-17-6-8-9(15)4-3-5-10(8)16/h3-6H,7H2,1-2H3,(H,18,22)/b17-6-. The van der Waals surface area contributed by atoms with E-state index in [0.717, 1.165) is 39.4 Å². The van der Waals surface area contributed by atoms with Crippen LogP contribution >= 0.6 is 11.8 Å². The first-order valence-corrected chi connectivity index (χ1v) is 7.83. The van der Waals surface area contributed by atoms with Crippen molar-refractivity contribution in [1.82, 2.24) is 19.8 Å². The van der Waals surface area contributed by atoms with Crippen molar-refractivity contribution in [2.24, 2.45) is 19.2 Å². The molecule has 1 aromatic heterocycles. The summed E-state index contributed by atoms with van der Waals surface area (Å²) in [5.74, 6) is -2.47. The van der Waals surface area contributed by atoms with Crippen LogP contribution in [0.15, 0.2) is 37.9 Å². The van der Waals surface area contributed by atoms with E-state index in [1.54, 1.807) is 0 Å². The van der Waals surface area contributed by atoms with Gasteiger partial charge < -0.3 is 0 Å². The number of carbonyl (C=O) groups is 1. The number of carbonyl (C=O) groups excluding carboxylic acids is 1. The van der Waals surface area contributed by atoms with E-state index in [0.29, 0.717) is 0 Å². The van der Waals surface area contributed by atoms with Gasteiger partial charge in [-0.3, -0.25) is 14.2 Å². The van der Waals surface area contributed by atoms with Gasteiger partial charge in [-0.05, 0) is 12.1 Å². The van der Waals surface area contributed by atoms with Crippen LogP contribution in [0.5, 0.6) is 0 Å². The Morgan fingerprint density at radius 2 is 1.96 bits per heavy atom. The highest BCUT2D eigenvalue weighted by molar-refractivity contribution is 7.99. The summed E-state index contributed by atoms with van der Waals surface area (Å²) in [5, 5.41) is 7.20. The third-order valence-corrected chi connectivity index (χ3v) is 3.95. The molecule has 0 aliphatic carbocycles. The smallest absolute Gasteiger partial charge is 0.272 e. The van der Waals surface area contributed by atoms with E-state index in [1.165, 1.54) is 20.2 Å². The van der Waals surface area contributed by atoms with Crippen LogP contribution < -0.4 is 16.7 Å². The van der Waals surface area contributed by atoms with E-state index in [2.05, 4.69) is 15.6 Å². The lowest BCUT2D eigenvalue weighted by Gasteiger charge is -2.04. The van der Waals surface area contributed by atoms with Crippen molar-refractivity contribution >= 4 is 23.9 Å². The fourth-order valence-corrected chi connectivity index (χ4v) is 2.50. The van der Waals surface area contributed by atoms with Crippen molar-refractivity contribution in [2.75, 3.05) is 5.75 Å². The van der Waals surface area contributed by atoms with Crippen LogP contribution in [0.3, 0.4) is 0 Å². The molecule has 0 unspecified atom stereocenters. The fourth-order valence-electron chi connectivity index (χ4n) is 1.73. The predicted octanol–water partition coefficient (Wildman–Crippen LogP) is -0.000400. The van der Waals surface area contributed by atoms with Crippen molar-refractivity contribution in [3.8, 4) is 0 Å². The molecule has 0 spiro atoms. The third-order valence-electron chi connectivity index (χ3n) is 3.01. The lowest BCUT2D eigenvalue weighted by Crippen LogP contribution is -2.39. The molecule has 0 fully saturated rings. The Hall–Kier alpha value is -2.82. The quantitative estimate of drug-likeness (QED) is 0.454. The number of halogens is 2. The van der Waals surface area contributed by atoms with Crippen LogP contribution in [-0.2, 0) is 18.9 Å². The minimum atomic E-state index is -0.815. The number of rotatable bonds is 5. The van der Waals surface area contributed by atoms with Gasteiger partial charge in [-0.1, -0.05) is 17.8 Å². The lowest BCUT2D eigenvalue weighted by molar-refractivity contribution is -0.118. The zero-order valence-corrected chi connectivity index (χ0v) is 14.0. The molecule has 2 aromatic rings. The van der Waals surface area contributed by atoms with E-state index >= 15 is 0 Å². The first kappa shape index (κ1) is 18.5. The van der Waals surface area contributed by atoms with Crippen LogP contribution in [0.2, 0.25) is 0 Å². The molecule has 0 aliphatic heterocycles. The highest BCUT2D eigenvalue weighted by Crippen LogP contribution is 2.09. The highest BCUT2D eigenvalue weighted by Gasteiger charge is 2.11. The van der Waals surface area contributed by atoms with Crippen molar-refractivity contribution in [2.45, 2.75) is 5.03 Å². The Labute approximate surface area is 144 Å². The minimum Gasteiger partial charge on any atom is -0.272 e. The third kappa shape index (κ3) is 4.38. The molecule has 0 saturated heterocycles. The Morgan fingerprint density at radius 3 is 2.60 bits per heavy atom. The van der Waals surface area contributed by atoms with Gasteiger partial charge in [-0.2, -0.15) is 10.2 Å². The molecule has 25 heavy (non-hydrogen) atoms. The molecular formula is C14H13F2N5O3S. The number of aryl methyl sites for hydroxylation is 1. The molecule has 0 radical (unpaired) electrons. The summed E-state index contributed by atoms with van der Waals surface area (Å²) in [7, 11) is 2.67. The van der Waals surface area contributed by atoms with Gasteiger partial charge >= 0.3 is 5.69 Å². The van der Waals surface area contributed by atoms with Crippen molar-refractivity contribution in [1.29, 1.82) is 0 Å². The van der Waals surface area contributed by atoms with E-state index in [9.17, 15) is 23.2 Å². The maximum absolute atomic E-state index is 13.4. The number of aromatic nitrogens is 3. The van der Waals surface area contributed by atoms with Gasteiger partial charge in [0.05, 0.1) is 17.5 Å². The predicted molar refractivity (Wildman–Crippen MR) is 87.5 cm³/mol. The highest BCUT2D eigenvalue weighted by atomic mass is 32.2. The average molecular weight is 369 g/mol. The van der Waals surface area contributed by atoms with E-state index in [4.69, 9.17) is 0 Å². The van der Waals surface area contributed by atoms with Crippen LogP contribution in [0.25, 0.3) is 0 Å². The number of hydrazone groups is 1. The zero-order chi connectivity index (χ0) is 18.6. The minimum absolute atomic E-state index is 0.0381. The number of hydrogen-bond donors (Lipinski definition) is 1. The Bertz CT molecular complexity index is 934. The second-order valence-corrected chi connectivity index (χ2v) is 5.76. The lowest BCUT2D eigenvalue weighted by atomic mass is 10.2. The maximum Gasteiger partial charge on any atom is 0.346 e. The monoisotopic (exact) mass is 369 g/mol. The summed E-state index contributed by atoms with van der Waals surface area (Å²) in [6, 6.07) is 3.32. The second-order valence-electron chi connectivity index (χ2n) is 4.79. The van der Waals surface area contributed by atoms with Gasteiger partial charge in [-0.25, -0.2) is 23.7 Å². The molecule has 1 aromatic carbocycles. The topological polar surface area (TPSA) is 98.3 Å². The largest absolute Gasteiger partial charge is 0.346 e. The Morgan fingerprint density at radius 1 is 1.32 bits per heavy atom. The molecule has 0 saturated carbocycles. The summed E-state index contributed by atoms with van der Waals surface area (Å²) in [6.07, 6.45) is 0.844. The van der Waals surface area contributed by atoms with Crippen LogP contribution in [-0.4, -0.2) is 32.2 Å². The van der Waals surface area contributed by atoms with Crippen molar-refractivity contribution in [3.05, 3.63) is 56.2 Å². The second kappa shape index (κ2) is 7.83. The molecule has 0 aliphatic rings. The van der Waals surface area contributed by atoms with Crippen molar-refractivity contribution in [3.63, 3.8) is 0 Å². The summed E-state index contributed by atoms with van der Waals surface area (Å²) in [5.41, 5.74) is 0.487. The first-order valence-electron chi connectivity index (χ1n) is 6.84. The number of nitrogens with one attached hydrogen (secondary N) is 1. The van der Waals surface area contributed by atoms with Gasteiger partial charge in [0.2, 0.25) is 5.91 Å². The van der Waals surface area contributed by atoms with Crippen molar-refractivity contribution < 1.29 is 13.6 Å².